The van der Waals surface area contributed by atoms with Crippen LogP contribution in [0.5, 0.6) is 0 Å². The summed E-state index contributed by atoms with van der Waals surface area (Å²) in [5.74, 6) is -0.0767. The van der Waals surface area contributed by atoms with Crippen molar-refractivity contribution in [2.24, 2.45) is 0 Å². The summed E-state index contributed by atoms with van der Waals surface area (Å²) in [4.78, 5) is 57.6. The van der Waals surface area contributed by atoms with Crippen LogP contribution in [0, 0.1) is 0 Å². The van der Waals surface area contributed by atoms with Crippen LogP contribution in [-0.2, 0) is 17.9 Å². The molecule has 0 saturated heterocycles. The molecule has 28 heavy (non-hydrogen) atoms. The maximum atomic E-state index is 12.5. The van der Waals surface area contributed by atoms with E-state index >= 15 is 0 Å². The van der Waals surface area contributed by atoms with Gasteiger partial charge in [0, 0.05) is 7.05 Å². The number of hydrogen-bond acceptors (Lipinski definition) is 6. The van der Waals surface area contributed by atoms with Crippen LogP contribution in [0.1, 0.15) is 5.82 Å². The maximum Gasteiger partial charge on any atom is 0.273 e. The zero-order chi connectivity index (χ0) is 19.8. The molecule has 10 heteroatoms. The molecule has 2 N–H and O–H groups in total. The Morgan fingerprint density at radius 2 is 1.89 bits per heavy atom. The lowest BCUT2D eigenvalue weighted by molar-refractivity contribution is -0.131. The number of rotatable bonds is 4. The van der Waals surface area contributed by atoms with E-state index in [1.807, 2.05) is 0 Å². The lowest BCUT2D eigenvalue weighted by Gasteiger charge is -2.17. The van der Waals surface area contributed by atoms with Crippen molar-refractivity contribution in [1.82, 2.24) is 24.6 Å². The van der Waals surface area contributed by atoms with E-state index in [1.54, 1.807) is 35.7 Å². The highest BCUT2D eigenvalue weighted by molar-refractivity contribution is 7.17. The number of carbonyl (C=O) groups is 1. The van der Waals surface area contributed by atoms with Crippen molar-refractivity contribution >= 4 is 38.2 Å². The van der Waals surface area contributed by atoms with Crippen molar-refractivity contribution in [2.45, 2.75) is 13.1 Å². The third kappa shape index (κ3) is 3.14. The molecule has 3 aromatic heterocycles. The van der Waals surface area contributed by atoms with Crippen LogP contribution < -0.4 is 16.7 Å². The van der Waals surface area contributed by atoms with Gasteiger partial charge in [-0.1, -0.05) is 12.1 Å². The molecule has 1 amide bonds. The largest absolute Gasteiger partial charge is 0.337 e. The van der Waals surface area contributed by atoms with E-state index in [0.717, 1.165) is 4.68 Å². The number of benzene rings is 1. The third-order valence-corrected chi connectivity index (χ3v) is 5.26. The van der Waals surface area contributed by atoms with Crippen LogP contribution in [0.4, 0.5) is 0 Å². The van der Waals surface area contributed by atoms with Gasteiger partial charge >= 0.3 is 0 Å². The van der Waals surface area contributed by atoms with Crippen LogP contribution in [-0.4, -0.2) is 37.6 Å². The molecule has 0 fully saturated rings. The normalized spacial score (nSPS) is 11.2. The number of thiophene rings is 1. The van der Waals surface area contributed by atoms with E-state index in [9.17, 15) is 19.2 Å². The molecular formula is C18H15N5O4S. The number of H-pyrrole nitrogens is 2. The SMILES string of the molecule is CN(Cc1nc2ccsc2c(=O)[nH]1)C(=O)Cn1[nH]c(=O)c2ccccc2c1=O. The van der Waals surface area contributed by atoms with E-state index in [1.165, 1.54) is 23.3 Å². The summed E-state index contributed by atoms with van der Waals surface area (Å²) in [6.07, 6.45) is 0. The van der Waals surface area contributed by atoms with Crippen LogP contribution >= 0.6 is 11.3 Å². The number of likely N-dealkylation sites (N-methyl/N-ethyl adjacent to an activating group) is 1. The van der Waals surface area contributed by atoms with Gasteiger partial charge in [-0.2, -0.15) is 0 Å². The van der Waals surface area contributed by atoms with E-state index in [0.29, 0.717) is 16.0 Å². The molecule has 3 heterocycles. The standard InChI is InChI=1S/C18H15N5O4S/c1-22(8-13-19-12-6-7-28-15(12)17(26)20-13)14(24)9-23-18(27)11-5-3-2-4-10(11)16(25)21-23/h2-7H,8-9H2,1H3,(H,21,25)(H,19,20,26). The van der Waals surface area contributed by atoms with Gasteiger partial charge < -0.3 is 9.88 Å². The first-order chi connectivity index (χ1) is 13.4. The van der Waals surface area contributed by atoms with Gasteiger partial charge in [0.05, 0.1) is 22.8 Å². The first-order valence-electron chi connectivity index (χ1n) is 8.36. The molecular weight excluding hydrogens is 382 g/mol. The Balaban J connectivity index is 1.58. The van der Waals surface area contributed by atoms with Crippen molar-refractivity contribution in [3.63, 3.8) is 0 Å². The molecule has 1 aromatic carbocycles. The van der Waals surface area contributed by atoms with Gasteiger partial charge in [0.25, 0.3) is 16.7 Å². The first kappa shape index (κ1) is 17.9. The Morgan fingerprint density at radius 1 is 1.14 bits per heavy atom. The highest BCUT2D eigenvalue weighted by Crippen LogP contribution is 2.14. The van der Waals surface area contributed by atoms with Crippen LogP contribution in [0.25, 0.3) is 21.0 Å². The number of nitrogens with zero attached hydrogens (tertiary/aromatic N) is 3. The molecule has 0 saturated carbocycles. The zero-order valence-corrected chi connectivity index (χ0v) is 15.6. The number of nitrogens with one attached hydrogen (secondary N) is 2. The lowest BCUT2D eigenvalue weighted by Crippen LogP contribution is -2.37. The number of aromatic amines is 2. The Hall–Kier alpha value is -3.53. The van der Waals surface area contributed by atoms with E-state index in [2.05, 4.69) is 15.1 Å². The zero-order valence-electron chi connectivity index (χ0n) is 14.8. The summed E-state index contributed by atoms with van der Waals surface area (Å²) in [5, 5.41) is 4.72. The minimum Gasteiger partial charge on any atom is -0.337 e. The fourth-order valence-electron chi connectivity index (χ4n) is 2.92. The smallest absolute Gasteiger partial charge is 0.273 e. The molecule has 0 unspecified atom stereocenters. The van der Waals surface area contributed by atoms with E-state index < -0.39 is 17.0 Å². The van der Waals surface area contributed by atoms with Gasteiger partial charge in [0.1, 0.15) is 17.1 Å². The van der Waals surface area contributed by atoms with Gasteiger partial charge in [-0.05, 0) is 23.6 Å². The molecule has 0 bridgehead atoms. The van der Waals surface area contributed by atoms with Crippen molar-refractivity contribution in [2.75, 3.05) is 7.05 Å². The minimum atomic E-state index is -0.455. The molecule has 142 valence electrons. The van der Waals surface area contributed by atoms with Gasteiger partial charge in [-0.15, -0.1) is 11.3 Å². The molecule has 0 spiro atoms. The second-order valence-electron chi connectivity index (χ2n) is 6.28. The van der Waals surface area contributed by atoms with Gasteiger partial charge in [-0.3, -0.25) is 24.3 Å². The van der Waals surface area contributed by atoms with Crippen LogP contribution in [0.2, 0.25) is 0 Å². The Bertz CT molecular complexity index is 1380. The minimum absolute atomic E-state index is 0.0619. The van der Waals surface area contributed by atoms with Crippen LogP contribution in [0.15, 0.2) is 50.1 Å². The molecule has 0 aliphatic rings. The van der Waals surface area contributed by atoms with Crippen molar-refractivity contribution < 1.29 is 4.79 Å². The monoisotopic (exact) mass is 397 g/mol. The summed E-state index contributed by atoms with van der Waals surface area (Å²) in [6, 6.07) is 8.15. The highest BCUT2D eigenvalue weighted by atomic mass is 32.1. The number of carbonyl (C=O) groups excluding carboxylic acids is 1. The molecule has 0 aliphatic carbocycles. The number of aromatic nitrogens is 4. The average Bonchev–Trinajstić information content (AvgIpc) is 3.15. The van der Waals surface area contributed by atoms with Gasteiger partial charge in [0.15, 0.2) is 0 Å². The first-order valence-corrected chi connectivity index (χ1v) is 9.24. The van der Waals surface area contributed by atoms with E-state index in [4.69, 9.17) is 0 Å². The summed E-state index contributed by atoms with van der Waals surface area (Å²) in [7, 11) is 1.53. The summed E-state index contributed by atoms with van der Waals surface area (Å²) < 4.78 is 1.51. The van der Waals surface area contributed by atoms with Crippen molar-refractivity contribution in [1.29, 1.82) is 0 Å². The van der Waals surface area contributed by atoms with Gasteiger partial charge in [0.2, 0.25) is 5.91 Å². The number of fused-ring (bicyclic) bond motifs is 2. The second kappa shape index (κ2) is 6.89. The number of amides is 1. The van der Waals surface area contributed by atoms with Gasteiger partial charge in [-0.25, -0.2) is 9.67 Å². The molecule has 9 nitrogen and oxygen atoms in total. The van der Waals surface area contributed by atoms with E-state index in [-0.39, 0.29) is 29.4 Å². The maximum absolute atomic E-state index is 12.5. The Kier molecular flexibility index (Phi) is 4.40. The molecule has 0 radical (unpaired) electrons. The summed E-state index contributed by atoms with van der Waals surface area (Å²) in [6.45, 7) is -0.271. The Morgan fingerprint density at radius 3 is 2.68 bits per heavy atom. The Labute approximate surface area is 160 Å². The molecule has 0 aliphatic heterocycles. The summed E-state index contributed by atoms with van der Waals surface area (Å²) in [5.41, 5.74) is -0.590. The third-order valence-electron chi connectivity index (χ3n) is 4.35. The summed E-state index contributed by atoms with van der Waals surface area (Å²) >= 11 is 1.29. The fourth-order valence-corrected chi connectivity index (χ4v) is 3.65. The fraction of sp³-hybridized carbons (Fsp3) is 0.167. The topological polar surface area (TPSA) is 121 Å². The molecule has 0 atom stereocenters. The highest BCUT2D eigenvalue weighted by Gasteiger charge is 2.15. The molecule has 4 aromatic rings. The predicted octanol–water partition coefficient (Wildman–Crippen LogP) is 0.646. The lowest BCUT2D eigenvalue weighted by atomic mass is 10.2. The average molecular weight is 397 g/mol. The van der Waals surface area contributed by atoms with Crippen molar-refractivity contribution in [3.8, 4) is 0 Å². The quantitative estimate of drug-likeness (QED) is 0.524. The van der Waals surface area contributed by atoms with Crippen LogP contribution in [0.3, 0.4) is 0 Å². The van der Waals surface area contributed by atoms with Crippen molar-refractivity contribution in [3.05, 3.63) is 72.6 Å². The molecule has 4 rings (SSSR count). The second-order valence-corrected chi connectivity index (χ2v) is 7.19. The predicted molar refractivity (Wildman–Crippen MR) is 106 cm³/mol. The number of hydrogen-bond donors (Lipinski definition) is 2.